The van der Waals surface area contributed by atoms with E-state index in [0.29, 0.717) is 11.3 Å². The molecule has 2 rings (SSSR count). The van der Waals surface area contributed by atoms with Gasteiger partial charge in [0.1, 0.15) is 19.8 Å². The first-order valence-electron chi connectivity index (χ1n) is 5.45. The summed E-state index contributed by atoms with van der Waals surface area (Å²) in [5.74, 6) is -2.06. The Morgan fingerprint density at radius 2 is 2.16 bits per heavy atom. The molecule has 0 saturated carbocycles. The van der Waals surface area contributed by atoms with Crippen molar-refractivity contribution in [3.05, 3.63) is 29.3 Å². The van der Waals surface area contributed by atoms with Crippen LogP contribution in [-0.4, -0.2) is 36.2 Å². The monoisotopic (exact) mass is 265 g/mol. The van der Waals surface area contributed by atoms with Crippen LogP contribution in [0, 0.1) is 0 Å². The van der Waals surface area contributed by atoms with Gasteiger partial charge in [0.2, 0.25) is 5.91 Å². The Morgan fingerprint density at radius 3 is 2.89 bits per heavy atom. The smallest absolute Gasteiger partial charge is 0.338 e. The maximum absolute atomic E-state index is 11.4. The first-order chi connectivity index (χ1) is 9.06. The lowest BCUT2D eigenvalue weighted by molar-refractivity contribution is -0.143. The minimum absolute atomic E-state index is 0.240. The predicted molar refractivity (Wildman–Crippen MR) is 62.6 cm³/mol. The molecule has 0 saturated heterocycles. The molecule has 7 nitrogen and oxygen atoms in total. The molecule has 0 atom stereocenters. The molecule has 0 spiro atoms. The van der Waals surface area contributed by atoms with Crippen molar-refractivity contribution in [1.29, 1.82) is 0 Å². The largest absolute Gasteiger partial charge is 0.480 e. The van der Waals surface area contributed by atoms with Crippen LogP contribution in [0.4, 0.5) is 5.69 Å². The number of cyclic esters (lactones) is 1. The Hall–Kier alpha value is -2.41. The third kappa shape index (κ3) is 3.29. The minimum atomic E-state index is -1.15. The van der Waals surface area contributed by atoms with Crippen LogP contribution in [0.2, 0.25) is 0 Å². The van der Waals surface area contributed by atoms with Gasteiger partial charge in [0.05, 0.1) is 5.56 Å². The molecule has 0 radical (unpaired) electrons. The average molecular weight is 265 g/mol. The molecule has 19 heavy (non-hydrogen) atoms. The van der Waals surface area contributed by atoms with Crippen molar-refractivity contribution >= 4 is 23.5 Å². The maximum atomic E-state index is 11.4. The highest BCUT2D eigenvalue weighted by atomic mass is 16.5. The van der Waals surface area contributed by atoms with Crippen LogP contribution in [0.15, 0.2) is 18.2 Å². The number of esters is 1. The molecule has 7 heteroatoms. The molecular formula is C12H11NO6. The van der Waals surface area contributed by atoms with Crippen molar-refractivity contribution in [2.75, 3.05) is 18.5 Å². The fourth-order valence-electron chi connectivity index (χ4n) is 1.62. The van der Waals surface area contributed by atoms with Crippen molar-refractivity contribution in [2.45, 2.75) is 6.61 Å². The number of fused-ring (bicyclic) bond motifs is 1. The summed E-state index contributed by atoms with van der Waals surface area (Å²) in [6.07, 6.45) is 0. The Bertz CT molecular complexity index is 539. The number of nitrogens with one attached hydrogen (secondary N) is 1. The van der Waals surface area contributed by atoms with Crippen LogP contribution in [-0.2, 0) is 25.7 Å². The highest BCUT2D eigenvalue weighted by Gasteiger charge is 2.21. The third-order valence-electron chi connectivity index (χ3n) is 2.43. The predicted octanol–water partition coefficient (Wildman–Crippen LogP) is 0.397. The van der Waals surface area contributed by atoms with Crippen molar-refractivity contribution in [3.8, 4) is 0 Å². The molecule has 1 aliphatic heterocycles. The van der Waals surface area contributed by atoms with Crippen LogP contribution in [0.25, 0.3) is 0 Å². The van der Waals surface area contributed by atoms with Gasteiger partial charge in [-0.05, 0) is 12.1 Å². The molecule has 1 aliphatic rings. The topological polar surface area (TPSA) is 102 Å². The molecule has 0 bridgehead atoms. The third-order valence-corrected chi connectivity index (χ3v) is 2.43. The quantitative estimate of drug-likeness (QED) is 0.747. The van der Waals surface area contributed by atoms with E-state index in [1.807, 2.05) is 0 Å². The van der Waals surface area contributed by atoms with Gasteiger partial charge >= 0.3 is 11.9 Å². The first kappa shape index (κ1) is 13.0. The number of hydrogen-bond acceptors (Lipinski definition) is 5. The zero-order valence-corrected chi connectivity index (χ0v) is 9.84. The molecule has 0 unspecified atom stereocenters. The number of anilines is 1. The van der Waals surface area contributed by atoms with Gasteiger partial charge in [0.15, 0.2) is 0 Å². The highest BCUT2D eigenvalue weighted by Crippen LogP contribution is 2.23. The summed E-state index contributed by atoms with van der Waals surface area (Å²) in [4.78, 5) is 33.0. The van der Waals surface area contributed by atoms with Gasteiger partial charge in [-0.1, -0.05) is 6.07 Å². The van der Waals surface area contributed by atoms with Crippen LogP contribution >= 0.6 is 0 Å². The number of benzene rings is 1. The lowest BCUT2D eigenvalue weighted by Crippen LogP contribution is -2.20. The normalized spacial score (nSPS) is 12.7. The summed E-state index contributed by atoms with van der Waals surface area (Å²) >= 11 is 0. The number of hydrogen-bond donors (Lipinski definition) is 2. The van der Waals surface area contributed by atoms with E-state index in [1.165, 1.54) is 6.07 Å². The molecule has 0 fully saturated rings. The molecule has 0 aromatic heterocycles. The zero-order valence-electron chi connectivity index (χ0n) is 9.84. The average Bonchev–Trinajstić information content (AvgIpc) is 2.70. The fraction of sp³-hybridized carbons (Fsp3) is 0.250. The van der Waals surface area contributed by atoms with Crippen molar-refractivity contribution in [1.82, 2.24) is 0 Å². The van der Waals surface area contributed by atoms with E-state index in [2.05, 4.69) is 10.1 Å². The van der Waals surface area contributed by atoms with Crippen molar-refractivity contribution in [2.24, 2.45) is 0 Å². The molecular weight excluding hydrogens is 254 g/mol. The van der Waals surface area contributed by atoms with Gasteiger partial charge in [-0.2, -0.15) is 0 Å². The summed E-state index contributed by atoms with van der Waals surface area (Å²) in [5, 5.41) is 10.8. The highest BCUT2D eigenvalue weighted by molar-refractivity contribution is 5.97. The summed E-state index contributed by atoms with van der Waals surface area (Å²) in [6.45, 7) is -0.665. The molecule has 2 N–H and O–H groups in total. The number of aliphatic carboxylic acids is 1. The van der Waals surface area contributed by atoms with Crippen LogP contribution < -0.4 is 5.32 Å². The van der Waals surface area contributed by atoms with E-state index in [1.54, 1.807) is 12.1 Å². The first-order valence-corrected chi connectivity index (χ1v) is 5.45. The number of carbonyl (C=O) groups excluding carboxylic acids is 2. The molecule has 100 valence electrons. The Balaban J connectivity index is 1.93. The van der Waals surface area contributed by atoms with E-state index >= 15 is 0 Å². The molecule has 1 aromatic rings. The number of carbonyl (C=O) groups is 3. The van der Waals surface area contributed by atoms with Gasteiger partial charge in [-0.25, -0.2) is 9.59 Å². The van der Waals surface area contributed by atoms with E-state index in [0.717, 1.165) is 5.56 Å². The molecule has 1 heterocycles. The van der Waals surface area contributed by atoms with Crippen LogP contribution in [0.3, 0.4) is 0 Å². The van der Waals surface area contributed by atoms with Gasteiger partial charge in [0.25, 0.3) is 0 Å². The van der Waals surface area contributed by atoms with Crippen molar-refractivity contribution < 1.29 is 29.0 Å². The van der Waals surface area contributed by atoms with Gasteiger partial charge in [-0.15, -0.1) is 0 Å². The minimum Gasteiger partial charge on any atom is -0.480 e. The number of ether oxygens (including phenoxy) is 2. The number of amides is 1. The van der Waals surface area contributed by atoms with E-state index in [4.69, 9.17) is 9.84 Å². The fourth-order valence-corrected chi connectivity index (χ4v) is 1.62. The lowest BCUT2D eigenvalue weighted by Gasteiger charge is -2.06. The zero-order chi connectivity index (χ0) is 13.8. The second-order valence-corrected chi connectivity index (χ2v) is 3.88. The Kier molecular flexibility index (Phi) is 3.76. The maximum Gasteiger partial charge on any atom is 0.338 e. The SMILES string of the molecule is O=C(O)COCC(=O)Nc1ccc2c(c1)C(=O)OC2. The second-order valence-electron chi connectivity index (χ2n) is 3.88. The number of carboxylic acids is 1. The van der Waals surface area contributed by atoms with Crippen LogP contribution in [0.1, 0.15) is 15.9 Å². The number of carboxylic acid groups (broad SMARTS) is 1. The number of rotatable bonds is 5. The van der Waals surface area contributed by atoms with E-state index < -0.39 is 24.5 Å². The molecule has 1 aromatic carbocycles. The summed E-state index contributed by atoms with van der Waals surface area (Å²) < 4.78 is 9.47. The second kappa shape index (κ2) is 5.49. The Morgan fingerprint density at radius 1 is 1.37 bits per heavy atom. The van der Waals surface area contributed by atoms with E-state index in [-0.39, 0.29) is 13.2 Å². The van der Waals surface area contributed by atoms with E-state index in [9.17, 15) is 14.4 Å². The van der Waals surface area contributed by atoms with Gasteiger partial charge < -0.3 is 19.9 Å². The van der Waals surface area contributed by atoms with Crippen molar-refractivity contribution in [3.63, 3.8) is 0 Å². The standard InChI is InChI=1S/C12H11NO6/c14-10(5-18-6-11(15)16)13-8-2-1-7-4-19-12(17)9(7)3-8/h1-3H,4-6H2,(H,13,14)(H,15,16). The Labute approximate surface area is 108 Å². The molecule has 1 amide bonds. The van der Waals surface area contributed by atoms with Gasteiger partial charge in [-0.3, -0.25) is 4.79 Å². The van der Waals surface area contributed by atoms with Crippen LogP contribution in [0.5, 0.6) is 0 Å². The summed E-state index contributed by atoms with van der Waals surface area (Å²) in [6, 6.07) is 4.84. The summed E-state index contributed by atoms with van der Waals surface area (Å²) in [5.41, 5.74) is 1.62. The molecule has 0 aliphatic carbocycles. The lowest BCUT2D eigenvalue weighted by atomic mass is 10.1. The summed E-state index contributed by atoms with van der Waals surface area (Å²) in [7, 11) is 0. The van der Waals surface area contributed by atoms with Gasteiger partial charge in [0, 0.05) is 11.3 Å².